The zero-order chi connectivity index (χ0) is 13.3. The van der Waals surface area contributed by atoms with Crippen LogP contribution in [0.1, 0.15) is 63.2 Å². The van der Waals surface area contributed by atoms with Gasteiger partial charge in [0.25, 0.3) is 0 Å². The molecule has 1 aromatic heterocycles. The van der Waals surface area contributed by atoms with Crippen LogP contribution < -0.4 is 5.73 Å². The molecule has 0 radical (unpaired) electrons. The average molecular weight is 259 g/mol. The van der Waals surface area contributed by atoms with E-state index in [-0.39, 0.29) is 30.7 Å². The Kier molecular flexibility index (Phi) is 3.66. The highest BCUT2D eigenvalue weighted by atomic mass is 19.3. The molecule has 1 aliphatic carbocycles. The number of hydrogen-bond donors (Lipinski definition) is 1. The lowest BCUT2D eigenvalue weighted by Gasteiger charge is -2.13. The molecule has 3 atom stereocenters. The van der Waals surface area contributed by atoms with Gasteiger partial charge in [0.05, 0.1) is 6.04 Å². The van der Waals surface area contributed by atoms with Crippen LogP contribution >= 0.6 is 0 Å². The van der Waals surface area contributed by atoms with Crippen LogP contribution in [0.25, 0.3) is 0 Å². The van der Waals surface area contributed by atoms with Gasteiger partial charge in [-0.3, -0.25) is 0 Å². The van der Waals surface area contributed by atoms with Gasteiger partial charge >= 0.3 is 0 Å². The standard InChI is InChI=1S/C12H19F2N3O/c1-3-7(2)9(15)11-16-10(17-18-11)8-4-5-12(13,14)6-8/h7-9H,3-6,15H2,1-2H3/t7?,8?,9-/m0/s1. The molecule has 1 aliphatic rings. The van der Waals surface area contributed by atoms with Crippen molar-refractivity contribution in [3.63, 3.8) is 0 Å². The zero-order valence-electron chi connectivity index (χ0n) is 10.7. The average Bonchev–Trinajstić information content (AvgIpc) is 2.93. The van der Waals surface area contributed by atoms with Crippen molar-refractivity contribution in [2.45, 2.75) is 57.4 Å². The van der Waals surface area contributed by atoms with Crippen LogP contribution in [-0.4, -0.2) is 16.1 Å². The fourth-order valence-electron chi connectivity index (χ4n) is 2.22. The summed E-state index contributed by atoms with van der Waals surface area (Å²) >= 11 is 0. The molecule has 4 nitrogen and oxygen atoms in total. The molecule has 0 amide bonds. The lowest BCUT2D eigenvalue weighted by atomic mass is 10.00. The molecule has 0 aromatic carbocycles. The maximum Gasteiger partial charge on any atom is 0.248 e. The van der Waals surface area contributed by atoms with Crippen molar-refractivity contribution in [1.82, 2.24) is 10.1 Å². The van der Waals surface area contributed by atoms with E-state index in [1.165, 1.54) is 0 Å². The van der Waals surface area contributed by atoms with E-state index in [0.717, 1.165) is 6.42 Å². The predicted octanol–water partition coefficient (Wildman–Crippen LogP) is 3.02. The van der Waals surface area contributed by atoms with Crippen molar-refractivity contribution in [1.29, 1.82) is 0 Å². The molecule has 1 saturated carbocycles. The Hall–Kier alpha value is -1.04. The summed E-state index contributed by atoms with van der Waals surface area (Å²) in [6, 6.07) is -0.321. The third kappa shape index (κ3) is 2.68. The van der Waals surface area contributed by atoms with Gasteiger partial charge in [-0.15, -0.1) is 0 Å². The molecule has 0 spiro atoms. The Morgan fingerprint density at radius 2 is 2.28 bits per heavy atom. The Balaban J connectivity index is 2.07. The van der Waals surface area contributed by atoms with E-state index in [4.69, 9.17) is 10.3 Å². The number of halogens is 2. The van der Waals surface area contributed by atoms with Crippen LogP contribution in [0.15, 0.2) is 4.52 Å². The van der Waals surface area contributed by atoms with Gasteiger partial charge in [0, 0.05) is 18.8 Å². The minimum Gasteiger partial charge on any atom is -0.338 e. The van der Waals surface area contributed by atoms with Crippen molar-refractivity contribution in [2.75, 3.05) is 0 Å². The summed E-state index contributed by atoms with van der Waals surface area (Å²) in [5, 5.41) is 3.80. The van der Waals surface area contributed by atoms with E-state index in [0.29, 0.717) is 18.1 Å². The van der Waals surface area contributed by atoms with Gasteiger partial charge in [0.15, 0.2) is 5.82 Å². The number of hydrogen-bond acceptors (Lipinski definition) is 4. The molecule has 0 saturated heterocycles. The van der Waals surface area contributed by atoms with E-state index < -0.39 is 5.92 Å². The number of alkyl halides is 2. The van der Waals surface area contributed by atoms with Crippen LogP contribution in [-0.2, 0) is 0 Å². The van der Waals surface area contributed by atoms with Crippen molar-refractivity contribution in [3.05, 3.63) is 11.7 Å². The highest BCUT2D eigenvalue weighted by Gasteiger charge is 2.42. The van der Waals surface area contributed by atoms with Gasteiger partial charge in [0.2, 0.25) is 11.8 Å². The van der Waals surface area contributed by atoms with Crippen LogP contribution in [0.5, 0.6) is 0 Å². The predicted molar refractivity (Wildman–Crippen MR) is 62.2 cm³/mol. The summed E-state index contributed by atoms with van der Waals surface area (Å²) in [5.41, 5.74) is 5.97. The van der Waals surface area contributed by atoms with E-state index >= 15 is 0 Å². The van der Waals surface area contributed by atoms with Gasteiger partial charge in [-0.25, -0.2) is 8.78 Å². The van der Waals surface area contributed by atoms with Crippen molar-refractivity contribution in [3.8, 4) is 0 Å². The molecule has 6 heteroatoms. The summed E-state index contributed by atoms with van der Waals surface area (Å²) in [6.45, 7) is 4.03. The minimum atomic E-state index is -2.59. The van der Waals surface area contributed by atoms with Gasteiger partial charge in [-0.05, 0) is 12.3 Å². The molecular weight excluding hydrogens is 240 g/mol. The Bertz CT molecular complexity index is 408. The van der Waals surface area contributed by atoms with E-state index in [1.54, 1.807) is 0 Å². The van der Waals surface area contributed by atoms with E-state index in [1.807, 2.05) is 13.8 Å². The highest BCUT2D eigenvalue weighted by molar-refractivity contribution is 5.03. The first-order valence-corrected chi connectivity index (χ1v) is 6.40. The summed E-state index contributed by atoms with van der Waals surface area (Å²) in [5.74, 6) is -1.94. The largest absolute Gasteiger partial charge is 0.338 e. The number of aromatic nitrogens is 2. The summed E-state index contributed by atoms with van der Waals surface area (Å²) in [7, 11) is 0. The maximum atomic E-state index is 13.1. The minimum absolute atomic E-state index is 0.0983. The highest BCUT2D eigenvalue weighted by Crippen LogP contribution is 2.43. The first-order chi connectivity index (χ1) is 8.43. The maximum absolute atomic E-state index is 13.1. The second kappa shape index (κ2) is 4.91. The lowest BCUT2D eigenvalue weighted by Crippen LogP contribution is -2.19. The van der Waals surface area contributed by atoms with Crippen molar-refractivity contribution in [2.24, 2.45) is 11.7 Å². The van der Waals surface area contributed by atoms with Gasteiger partial charge in [0.1, 0.15) is 0 Å². The zero-order valence-corrected chi connectivity index (χ0v) is 10.7. The van der Waals surface area contributed by atoms with Crippen molar-refractivity contribution >= 4 is 0 Å². The third-order valence-corrected chi connectivity index (χ3v) is 3.77. The lowest BCUT2D eigenvalue weighted by molar-refractivity contribution is 0.00749. The second-order valence-electron chi connectivity index (χ2n) is 5.20. The summed E-state index contributed by atoms with van der Waals surface area (Å²) in [4.78, 5) is 4.19. The summed E-state index contributed by atoms with van der Waals surface area (Å²) in [6.07, 6.45) is 1.02. The SMILES string of the molecule is CCC(C)[C@H](N)c1nc(C2CCC(F)(F)C2)no1. The van der Waals surface area contributed by atoms with Gasteiger partial charge in [-0.2, -0.15) is 4.98 Å². The van der Waals surface area contributed by atoms with Crippen LogP contribution in [0.2, 0.25) is 0 Å². The third-order valence-electron chi connectivity index (χ3n) is 3.77. The molecule has 2 rings (SSSR count). The van der Waals surface area contributed by atoms with Crippen molar-refractivity contribution < 1.29 is 13.3 Å². The molecule has 2 N–H and O–H groups in total. The monoisotopic (exact) mass is 259 g/mol. The van der Waals surface area contributed by atoms with Crippen LogP contribution in [0.3, 0.4) is 0 Å². The van der Waals surface area contributed by atoms with E-state index in [2.05, 4.69) is 10.1 Å². The molecule has 1 aromatic rings. The first-order valence-electron chi connectivity index (χ1n) is 6.40. The topological polar surface area (TPSA) is 64.9 Å². The van der Waals surface area contributed by atoms with Crippen LogP contribution in [0.4, 0.5) is 8.78 Å². The number of nitrogens with zero attached hydrogens (tertiary/aromatic N) is 2. The van der Waals surface area contributed by atoms with Gasteiger partial charge in [-0.1, -0.05) is 25.4 Å². The molecular formula is C12H19F2N3O. The Labute approximate surface area is 105 Å². The fourth-order valence-corrected chi connectivity index (χ4v) is 2.22. The molecule has 2 unspecified atom stereocenters. The first kappa shape index (κ1) is 13.4. The second-order valence-corrected chi connectivity index (χ2v) is 5.20. The quantitative estimate of drug-likeness (QED) is 0.902. The van der Waals surface area contributed by atoms with Gasteiger partial charge < -0.3 is 10.3 Å². The molecule has 1 fully saturated rings. The fraction of sp³-hybridized carbons (Fsp3) is 0.833. The molecule has 102 valence electrons. The molecule has 18 heavy (non-hydrogen) atoms. The molecule has 0 bridgehead atoms. The number of rotatable bonds is 4. The summed E-state index contributed by atoms with van der Waals surface area (Å²) < 4.78 is 31.3. The van der Waals surface area contributed by atoms with Crippen LogP contribution in [0, 0.1) is 5.92 Å². The normalized spacial score (nSPS) is 26.2. The van der Waals surface area contributed by atoms with E-state index in [9.17, 15) is 8.78 Å². The smallest absolute Gasteiger partial charge is 0.248 e. The molecule has 1 heterocycles. The Morgan fingerprint density at radius 1 is 1.56 bits per heavy atom. The number of nitrogens with two attached hydrogens (primary N) is 1. The molecule has 0 aliphatic heterocycles. The Morgan fingerprint density at radius 3 is 2.83 bits per heavy atom.